The van der Waals surface area contributed by atoms with Crippen LogP contribution in [0.4, 0.5) is 11.4 Å². The Hall–Kier alpha value is -2.46. The van der Waals surface area contributed by atoms with Crippen LogP contribution in [0.25, 0.3) is 0 Å². The van der Waals surface area contributed by atoms with E-state index in [4.69, 9.17) is 20.9 Å². The number of nitrogen functional groups attached to an aromatic ring is 2. The lowest BCUT2D eigenvalue weighted by Crippen LogP contribution is -1.89. The van der Waals surface area contributed by atoms with Gasteiger partial charge in [0.2, 0.25) is 0 Å². The normalized spacial score (nSPS) is 9.93. The van der Waals surface area contributed by atoms with Gasteiger partial charge in [0.05, 0.1) is 0 Å². The number of ether oxygens (including phenoxy) is 2. The Balaban J connectivity index is 0.000000171. The first-order valence-electron chi connectivity index (χ1n) is 9.06. The fourth-order valence-corrected chi connectivity index (χ4v) is 3.52. The fraction of sp³-hybridized carbons (Fsp3) is 0. The molecule has 0 heterocycles. The molecule has 4 rings (SSSR count). The molecule has 0 atom stereocenters. The molecule has 0 bridgehead atoms. The number of hydrogen-bond donors (Lipinski definition) is 2. The number of rotatable bonds is 4. The van der Waals surface area contributed by atoms with Crippen molar-refractivity contribution in [3.8, 4) is 23.0 Å². The molecule has 0 saturated heterocycles. The van der Waals surface area contributed by atoms with E-state index in [1.807, 2.05) is 84.9 Å². The smallest absolute Gasteiger partial charge is 0.129 e. The molecule has 4 aromatic rings. The van der Waals surface area contributed by atoms with E-state index in [1.54, 1.807) is 12.1 Å². The first-order valence-corrected chi connectivity index (χ1v) is 11.2. The summed E-state index contributed by atoms with van der Waals surface area (Å²) in [6.07, 6.45) is 0. The Labute approximate surface area is 203 Å². The summed E-state index contributed by atoms with van der Waals surface area (Å²) >= 11 is 4.55. The van der Waals surface area contributed by atoms with Gasteiger partial charge in [0, 0.05) is 30.6 Å². The minimum Gasteiger partial charge on any atom is -0.457 e. The van der Waals surface area contributed by atoms with Crippen molar-refractivity contribution in [2.75, 3.05) is 11.5 Å². The van der Waals surface area contributed by atoms with Crippen molar-refractivity contribution in [3.05, 3.63) is 104 Å². The van der Waals surface area contributed by atoms with E-state index in [-0.39, 0.29) is 0 Å². The van der Waals surface area contributed by atoms with Gasteiger partial charge in [-0.2, -0.15) is 0 Å². The zero-order valence-electron chi connectivity index (χ0n) is 16.0. The molecule has 30 heavy (non-hydrogen) atoms. The zero-order valence-corrected chi connectivity index (χ0v) is 20.3. The van der Waals surface area contributed by atoms with Crippen molar-refractivity contribution in [1.82, 2.24) is 0 Å². The molecule has 0 spiro atoms. The molecule has 0 amide bonds. The monoisotopic (exact) mass is 622 g/mol. The van der Waals surface area contributed by atoms with Crippen LogP contribution in [0.1, 0.15) is 0 Å². The summed E-state index contributed by atoms with van der Waals surface area (Å²) in [5.74, 6) is 3.18. The standard InChI is InChI=1S/C12H8I2O.C12H12N2O/c2*13-9-3-1-5-11(7-9)15-12-6-2-4-10(14)8-12/h1-8H;1-8H,13-14H2. The van der Waals surface area contributed by atoms with Gasteiger partial charge >= 0.3 is 0 Å². The predicted octanol–water partition coefficient (Wildman–Crippen LogP) is 7.33. The Kier molecular flexibility index (Phi) is 8.21. The van der Waals surface area contributed by atoms with Gasteiger partial charge in [-0.15, -0.1) is 0 Å². The van der Waals surface area contributed by atoms with Gasteiger partial charge in [-0.3, -0.25) is 0 Å². The maximum Gasteiger partial charge on any atom is 0.129 e. The number of anilines is 2. The zero-order chi connectivity index (χ0) is 21.3. The summed E-state index contributed by atoms with van der Waals surface area (Å²) in [5, 5.41) is 0. The van der Waals surface area contributed by atoms with Crippen molar-refractivity contribution >= 4 is 56.6 Å². The lowest BCUT2D eigenvalue weighted by atomic mass is 10.3. The maximum atomic E-state index is 5.73. The molecule has 152 valence electrons. The van der Waals surface area contributed by atoms with Crippen molar-refractivity contribution < 1.29 is 9.47 Å². The highest BCUT2D eigenvalue weighted by Gasteiger charge is 1.99. The molecule has 4 aromatic carbocycles. The van der Waals surface area contributed by atoms with Gasteiger partial charge in [0.25, 0.3) is 0 Å². The van der Waals surface area contributed by atoms with Crippen molar-refractivity contribution in [2.45, 2.75) is 0 Å². The summed E-state index contributed by atoms with van der Waals surface area (Å²) in [6.45, 7) is 0. The fourth-order valence-electron chi connectivity index (χ4n) is 2.49. The number of halogens is 2. The Morgan fingerprint density at radius 1 is 0.467 bits per heavy atom. The van der Waals surface area contributed by atoms with E-state index < -0.39 is 0 Å². The molecule has 0 radical (unpaired) electrons. The van der Waals surface area contributed by atoms with E-state index in [0.717, 1.165) is 11.5 Å². The van der Waals surface area contributed by atoms with Crippen LogP contribution in [0.2, 0.25) is 0 Å². The number of benzene rings is 4. The molecule has 4 N–H and O–H groups in total. The van der Waals surface area contributed by atoms with E-state index in [1.165, 1.54) is 7.14 Å². The van der Waals surface area contributed by atoms with Crippen LogP contribution in [0.15, 0.2) is 97.1 Å². The predicted molar refractivity (Wildman–Crippen MR) is 140 cm³/mol. The third-order valence-corrected chi connectivity index (χ3v) is 5.12. The second-order valence-corrected chi connectivity index (χ2v) is 8.76. The van der Waals surface area contributed by atoms with Crippen LogP contribution in [-0.4, -0.2) is 0 Å². The lowest BCUT2D eigenvalue weighted by molar-refractivity contribution is 0.482. The van der Waals surface area contributed by atoms with Crippen LogP contribution in [0.5, 0.6) is 23.0 Å². The highest BCUT2D eigenvalue weighted by Crippen LogP contribution is 2.25. The maximum absolute atomic E-state index is 5.73. The molecule has 0 aliphatic carbocycles. The van der Waals surface area contributed by atoms with Crippen LogP contribution in [0.3, 0.4) is 0 Å². The highest BCUT2D eigenvalue weighted by molar-refractivity contribution is 14.1. The average Bonchev–Trinajstić information content (AvgIpc) is 2.69. The van der Waals surface area contributed by atoms with Crippen LogP contribution < -0.4 is 20.9 Å². The second kappa shape index (κ2) is 11.1. The summed E-state index contributed by atoms with van der Waals surface area (Å²) in [4.78, 5) is 0. The van der Waals surface area contributed by atoms with E-state index in [9.17, 15) is 0 Å². The quantitative estimate of drug-likeness (QED) is 0.185. The number of hydrogen-bond acceptors (Lipinski definition) is 4. The molecule has 0 aliphatic heterocycles. The van der Waals surface area contributed by atoms with Gasteiger partial charge in [0.15, 0.2) is 0 Å². The van der Waals surface area contributed by atoms with Gasteiger partial charge < -0.3 is 20.9 Å². The van der Waals surface area contributed by atoms with Crippen molar-refractivity contribution in [2.24, 2.45) is 0 Å². The lowest BCUT2D eigenvalue weighted by Gasteiger charge is -2.06. The van der Waals surface area contributed by atoms with Crippen molar-refractivity contribution in [1.29, 1.82) is 0 Å². The van der Waals surface area contributed by atoms with Gasteiger partial charge in [-0.25, -0.2) is 0 Å². The highest BCUT2D eigenvalue weighted by atomic mass is 127. The summed E-state index contributed by atoms with van der Waals surface area (Å²) < 4.78 is 13.7. The van der Waals surface area contributed by atoms with E-state index >= 15 is 0 Å². The first-order chi connectivity index (χ1) is 14.5. The van der Waals surface area contributed by atoms with Gasteiger partial charge in [-0.05, 0) is 106 Å². The molecule has 0 unspecified atom stereocenters. The first kappa shape index (κ1) is 22.2. The van der Waals surface area contributed by atoms with Crippen LogP contribution in [0, 0.1) is 7.14 Å². The van der Waals surface area contributed by atoms with Crippen LogP contribution >= 0.6 is 45.2 Å². The molecule has 0 aromatic heterocycles. The molecule has 0 fully saturated rings. The van der Waals surface area contributed by atoms with E-state index in [2.05, 4.69) is 45.2 Å². The van der Waals surface area contributed by atoms with Crippen molar-refractivity contribution in [3.63, 3.8) is 0 Å². The van der Waals surface area contributed by atoms with Gasteiger partial charge in [-0.1, -0.05) is 24.3 Å². The minimum atomic E-state index is 0.677. The molecular formula is C24H20I2N2O2. The molecule has 6 heteroatoms. The third kappa shape index (κ3) is 7.42. The Morgan fingerprint density at radius 2 is 0.800 bits per heavy atom. The third-order valence-electron chi connectivity index (χ3n) is 3.78. The molecule has 0 saturated carbocycles. The minimum absolute atomic E-state index is 0.677. The Morgan fingerprint density at radius 3 is 1.13 bits per heavy atom. The number of nitrogens with two attached hydrogens (primary N) is 2. The summed E-state index contributed by atoms with van der Waals surface area (Å²) in [6, 6.07) is 30.6. The molecular weight excluding hydrogens is 602 g/mol. The summed E-state index contributed by atoms with van der Waals surface area (Å²) in [5.41, 5.74) is 12.6. The van der Waals surface area contributed by atoms with Gasteiger partial charge in [0.1, 0.15) is 23.0 Å². The second-order valence-electron chi connectivity index (χ2n) is 6.26. The molecule has 4 nitrogen and oxygen atoms in total. The summed E-state index contributed by atoms with van der Waals surface area (Å²) in [7, 11) is 0. The largest absolute Gasteiger partial charge is 0.457 e. The SMILES string of the molecule is Ic1cccc(Oc2cccc(I)c2)c1.Nc1cccc(Oc2cccc(N)c2)c1. The average molecular weight is 622 g/mol. The topological polar surface area (TPSA) is 70.5 Å². The molecule has 0 aliphatic rings. The van der Waals surface area contributed by atoms with E-state index in [0.29, 0.717) is 22.9 Å². The van der Waals surface area contributed by atoms with Crippen LogP contribution in [-0.2, 0) is 0 Å². The Bertz CT molecular complexity index is 943.